The van der Waals surface area contributed by atoms with E-state index in [1.807, 2.05) is 23.1 Å². The van der Waals surface area contributed by atoms with Gasteiger partial charge in [0.1, 0.15) is 5.75 Å². The Morgan fingerprint density at radius 2 is 2.14 bits per heavy atom. The van der Waals surface area contributed by atoms with Crippen molar-refractivity contribution in [3.05, 3.63) is 23.2 Å². The molecule has 0 aromatic heterocycles. The number of benzene rings is 1. The van der Waals surface area contributed by atoms with Crippen molar-refractivity contribution in [3.63, 3.8) is 0 Å². The molecule has 0 radical (unpaired) electrons. The number of hydrogen-bond acceptors (Lipinski definition) is 3. The Hall–Kier alpha value is -1.42. The topological polar surface area (TPSA) is 41.6 Å². The lowest BCUT2D eigenvalue weighted by molar-refractivity contribution is -0.132. The largest absolute Gasteiger partial charge is 0.495 e. The van der Waals surface area contributed by atoms with Crippen LogP contribution < -0.4 is 10.1 Å². The molecule has 0 spiro atoms. The Morgan fingerprint density at radius 1 is 1.43 bits per heavy atom. The van der Waals surface area contributed by atoms with Crippen molar-refractivity contribution >= 4 is 23.2 Å². The molecule has 0 saturated carbocycles. The van der Waals surface area contributed by atoms with E-state index in [9.17, 15) is 4.79 Å². The van der Waals surface area contributed by atoms with Gasteiger partial charge < -0.3 is 15.0 Å². The van der Waals surface area contributed by atoms with E-state index in [-0.39, 0.29) is 5.91 Å². The van der Waals surface area contributed by atoms with Crippen LogP contribution in [0.4, 0.5) is 5.69 Å². The highest BCUT2D eigenvalue weighted by atomic mass is 35.5. The third-order valence-corrected chi connectivity index (χ3v) is 4.25. The fraction of sp³-hybridized carbons (Fsp3) is 0.562. The number of carbonyl (C=O) groups is 1. The number of nitrogens with zero attached hydrogens (tertiary/aromatic N) is 1. The summed E-state index contributed by atoms with van der Waals surface area (Å²) in [5.41, 5.74) is 0.904. The molecule has 0 unspecified atom stereocenters. The molecule has 21 heavy (non-hydrogen) atoms. The second-order valence-electron chi connectivity index (χ2n) is 5.59. The first kappa shape index (κ1) is 16.0. The van der Waals surface area contributed by atoms with Gasteiger partial charge in [0.25, 0.3) is 0 Å². The molecule has 1 fully saturated rings. The summed E-state index contributed by atoms with van der Waals surface area (Å²) in [5.74, 6) is 1.63. The molecular formula is C16H23ClN2O2. The van der Waals surface area contributed by atoms with Gasteiger partial charge >= 0.3 is 0 Å². The number of nitrogens with one attached hydrogen (secondary N) is 1. The molecule has 0 atom stereocenters. The van der Waals surface area contributed by atoms with E-state index in [0.717, 1.165) is 37.5 Å². The maximum atomic E-state index is 12.1. The van der Waals surface area contributed by atoms with Crippen LogP contribution in [0.25, 0.3) is 0 Å². The van der Waals surface area contributed by atoms with Crippen LogP contribution in [0, 0.1) is 5.92 Å². The van der Waals surface area contributed by atoms with Crippen molar-refractivity contribution in [3.8, 4) is 5.75 Å². The molecule has 1 amide bonds. The first-order chi connectivity index (χ1) is 10.1. The third kappa shape index (κ3) is 4.53. The molecule has 116 valence electrons. The average molecular weight is 311 g/mol. The smallest absolute Gasteiger partial charge is 0.224 e. The Morgan fingerprint density at radius 3 is 2.76 bits per heavy atom. The Kier molecular flexibility index (Phi) is 5.74. The molecule has 1 aliphatic rings. The predicted octanol–water partition coefficient (Wildman–Crippen LogP) is 3.41. The molecule has 4 nitrogen and oxygen atoms in total. The number of ether oxygens (including phenoxy) is 1. The van der Waals surface area contributed by atoms with Crippen LogP contribution in [-0.2, 0) is 4.79 Å². The lowest BCUT2D eigenvalue weighted by Crippen LogP contribution is -2.38. The molecule has 0 aliphatic carbocycles. The van der Waals surface area contributed by atoms with Crippen LogP contribution in [-0.4, -0.2) is 37.6 Å². The zero-order valence-corrected chi connectivity index (χ0v) is 13.4. The summed E-state index contributed by atoms with van der Waals surface area (Å²) in [6, 6.07) is 5.53. The SMILES string of the molecule is COc1ccc(NCCC(=O)N2CCC(C)CC2)cc1Cl. The summed E-state index contributed by atoms with van der Waals surface area (Å²) in [5, 5.41) is 3.80. The number of piperidine rings is 1. The van der Waals surface area contributed by atoms with Crippen LogP contribution in [0.15, 0.2) is 18.2 Å². The molecule has 1 heterocycles. The van der Waals surface area contributed by atoms with Crippen molar-refractivity contribution in [2.45, 2.75) is 26.2 Å². The van der Waals surface area contributed by atoms with E-state index in [1.54, 1.807) is 7.11 Å². The van der Waals surface area contributed by atoms with Gasteiger partial charge in [0, 0.05) is 31.7 Å². The molecule has 2 rings (SSSR count). The van der Waals surface area contributed by atoms with Gasteiger partial charge in [0.05, 0.1) is 12.1 Å². The Bertz CT molecular complexity index is 485. The zero-order chi connectivity index (χ0) is 15.2. The number of anilines is 1. The van der Waals surface area contributed by atoms with E-state index in [0.29, 0.717) is 23.7 Å². The Balaban J connectivity index is 1.76. The van der Waals surface area contributed by atoms with Gasteiger partial charge in [-0.15, -0.1) is 0 Å². The molecule has 1 aromatic rings. The third-order valence-electron chi connectivity index (χ3n) is 3.96. The summed E-state index contributed by atoms with van der Waals surface area (Å²) in [6.07, 6.45) is 2.75. The maximum Gasteiger partial charge on any atom is 0.224 e. The number of methoxy groups -OCH3 is 1. The van der Waals surface area contributed by atoms with Crippen molar-refractivity contribution in [1.29, 1.82) is 0 Å². The molecule has 5 heteroatoms. The van der Waals surface area contributed by atoms with Crippen LogP contribution >= 0.6 is 11.6 Å². The summed E-state index contributed by atoms with van der Waals surface area (Å²) in [7, 11) is 1.59. The molecular weight excluding hydrogens is 288 g/mol. The molecule has 1 saturated heterocycles. The minimum absolute atomic E-state index is 0.231. The summed E-state index contributed by atoms with van der Waals surface area (Å²) >= 11 is 6.07. The van der Waals surface area contributed by atoms with Crippen molar-refractivity contribution in [2.75, 3.05) is 32.1 Å². The van der Waals surface area contributed by atoms with Gasteiger partial charge in [-0.2, -0.15) is 0 Å². The standard InChI is InChI=1S/C16H23ClN2O2/c1-12-6-9-19(10-7-12)16(20)5-8-18-13-3-4-15(21-2)14(17)11-13/h3-4,11-12,18H,5-10H2,1-2H3. The van der Waals surface area contributed by atoms with Crippen molar-refractivity contribution < 1.29 is 9.53 Å². The van der Waals surface area contributed by atoms with Gasteiger partial charge in [-0.3, -0.25) is 4.79 Å². The van der Waals surface area contributed by atoms with Crippen molar-refractivity contribution in [2.24, 2.45) is 5.92 Å². The quantitative estimate of drug-likeness (QED) is 0.906. The number of rotatable bonds is 5. The summed E-state index contributed by atoms with van der Waals surface area (Å²) < 4.78 is 5.11. The van der Waals surface area contributed by atoms with E-state index in [4.69, 9.17) is 16.3 Å². The van der Waals surface area contributed by atoms with E-state index in [1.165, 1.54) is 0 Å². The van der Waals surface area contributed by atoms with Crippen LogP contribution in [0.2, 0.25) is 5.02 Å². The number of amides is 1. The normalized spacial score (nSPS) is 15.9. The van der Waals surface area contributed by atoms with Crippen LogP contribution in [0.3, 0.4) is 0 Å². The van der Waals surface area contributed by atoms with E-state index >= 15 is 0 Å². The molecule has 1 aliphatic heterocycles. The number of likely N-dealkylation sites (tertiary alicyclic amines) is 1. The van der Waals surface area contributed by atoms with Gasteiger partial charge in [0.15, 0.2) is 0 Å². The van der Waals surface area contributed by atoms with Crippen molar-refractivity contribution in [1.82, 2.24) is 4.90 Å². The minimum atomic E-state index is 0.231. The monoisotopic (exact) mass is 310 g/mol. The highest BCUT2D eigenvalue weighted by Crippen LogP contribution is 2.27. The number of carbonyl (C=O) groups excluding carboxylic acids is 1. The maximum absolute atomic E-state index is 12.1. The second kappa shape index (κ2) is 7.55. The fourth-order valence-corrected chi connectivity index (χ4v) is 2.76. The van der Waals surface area contributed by atoms with Gasteiger partial charge in [-0.1, -0.05) is 18.5 Å². The minimum Gasteiger partial charge on any atom is -0.495 e. The van der Waals surface area contributed by atoms with E-state index in [2.05, 4.69) is 12.2 Å². The molecule has 0 bridgehead atoms. The Labute approximate surface area is 131 Å². The van der Waals surface area contributed by atoms with Gasteiger partial charge in [0.2, 0.25) is 5.91 Å². The average Bonchev–Trinajstić information content (AvgIpc) is 2.48. The van der Waals surface area contributed by atoms with Gasteiger partial charge in [-0.05, 0) is 37.0 Å². The van der Waals surface area contributed by atoms with E-state index < -0.39 is 0 Å². The summed E-state index contributed by atoms with van der Waals surface area (Å²) in [6.45, 7) is 4.66. The van der Waals surface area contributed by atoms with Gasteiger partial charge in [-0.25, -0.2) is 0 Å². The number of halogens is 1. The fourth-order valence-electron chi connectivity index (χ4n) is 2.51. The number of hydrogen-bond donors (Lipinski definition) is 1. The summed E-state index contributed by atoms with van der Waals surface area (Å²) in [4.78, 5) is 14.1. The highest BCUT2D eigenvalue weighted by Gasteiger charge is 2.19. The highest BCUT2D eigenvalue weighted by molar-refractivity contribution is 6.32. The zero-order valence-electron chi connectivity index (χ0n) is 12.7. The first-order valence-electron chi connectivity index (χ1n) is 7.45. The second-order valence-corrected chi connectivity index (χ2v) is 6.00. The molecule has 1 aromatic carbocycles. The lowest BCUT2D eigenvalue weighted by atomic mass is 9.99. The van der Waals surface area contributed by atoms with Crippen LogP contribution in [0.5, 0.6) is 5.75 Å². The predicted molar refractivity (Wildman–Crippen MR) is 86.1 cm³/mol. The molecule has 1 N–H and O–H groups in total. The van der Waals surface area contributed by atoms with Crippen LogP contribution in [0.1, 0.15) is 26.2 Å². The first-order valence-corrected chi connectivity index (χ1v) is 7.83. The lowest BCUT2D eigenvalue weighted by Gasteiger charge is -2.30.